The highest BCUT2D eigenvalue weighted by Crippen LogP contribution is 2.24. The molecular formula is C11H18BrN3S. The van der Waals surface area contributed by atoms with E-state index in [1.807, 2.05) is 5.38 Å². The third-order valence-electron chi connectivity index (χ3n) is 2.97. The van der Waals surface area contributed by atoms with E-state index in [9.17, 15) is 0 Å². The average Bonchev–Trinajstić information content (AvgIpc) is 2.74. The summed E-state index contributed by atoms with van der Waals surface area (Å²) in [5.74, 6) is 0. The van der Waals surface area contributed by atoms with Crippen LogP contribution in [0.15, 0.2) is 9.98 Å². The van der Waals surface area contributed by atoms with Crippen molar-refractivity contribution in [2.75, 3.05) is 24.5 Å². The van der Waals surface area contributed by atoms with Crippen LogP contribution in [0.5, 0.6) is 0 Å². The normalized spacial score (nSPS) is 21.0. The summed E-state index contributed by atoms with van der Waals surface area (Å²) in [7, 11) is 0. The van der Waals surface area contributed by atoms with Crippen molar-refractivity contribution in [2.24, 2.45) is 0 Å². The molecule has 90 valence electrons. The number of aromatic nitrogens is 1. The summed E-state index contributed by atoms with van der Waals surface area (Å²) in [6, 6.07) is 0.636. The number of anilines is 1. The topological polar surface area (TPSA) is 28.2 Å². The zero-order chi connectivity index (χ0) is 11.4. The van der Waals surface area contributed by atoms with Crippen molar-refractivity contribution in [3.63, 3.8) is 0 Å². The van der Waals surface area contributed by atoms with Gasteiger partial charge in [-0.2, -0.15) is 0 Å². The lowest BCUT2D eigenvalue weighted by molar-refractivity contribution is 0.400. The number of piperidine rings is 1. The summed E-state index contributed by atoms with van der Waals surface area (Å²) < 4.78 is 0.947. The Morgan fingerprint density at radius 3 is 3.06 bits per heavy atom. The number of thiazole rings is 1. The standard InChI is InChI=1S/C11H18BrN3S/c1-2-15(11-14-10(12)8-16-11)7-9-5-3-4-6-13-9/h8-9,13H,2-7H2,1H3. The molecule has 1 unspecified atom stereocenters. The van der Waals surface area contributed by atoms with E-state index in [1.165, 1.54) is 25.8 Å². The molecule has 1 N–H and O–H groups in total. The first-order chi connectivity index (χ1) is 7.79. The van der Waals surface area contributed by atoms with Crippen molar-refractivity contribution in [2.45, 2.75) is 32.2 Å². The van der Waals surface area contributed by atoms with Crippen LogP contribution in [-0.4, -0.2) is 30.7 Å². The first-order valence-corrected chi connectivity index (χ1v) is 7.56. The number of hydrogen-bond acceptors (Lipinski definition) is 4. The predicted molar refractivity (Wildman–Crippen MR) is 73.3 cm³/mol. The molecule has 0 amide bonds. The molecule has 5 heteroatoms. The summed E-state index contributed by atoms with van der Waals surface area (Å²) in [5.41, 5.74) is 0. The van der Waals surface area contributed by atoms with Crippen molar-refractivity contribution < 1.29 is 0 Å². The summed E-state index contributed by atoms with van der Waals surface area (Å²) >= 11 is 5.12. The summed E-state index contributed by atoms with van der Waals surface area (Å²) in [6.45, 7) is 5.47. The van der Waals surface area contributed by atoms with Crippen molar-refractivity contribution in [1.82, 2.24) is 10.3 Å². The van der Waals surface area contributed by atoms with Crippen molar-refractivity contribution in [3.8, 4) is 0 Å². The third kappa shape index (κ3) is 3.18. The van der Waals surface area contributed by atoms with Gasteiger partial charge in [0.2, 0.25) is 0 Å². The molecule has 0 bridgehead atoms. The van der Waals surface area contributed by atoms with Crippen LogP contribution in [0, 0.1) is 0 Å². The van der Waals surface area contributed by atoms with Crippen LogP contribution < -0.4 is 10.2 Å². The maximum atomic E-state index is 4.48. The smallest absolute Gasteiger partial charge is 0.186 e. The van der Waals surface area contributed by atoms with E-state index < -0.39 is 0 Å². The Morgan fingerprint density at radius 2 is 2.50 bits per heavy atom. The molecule has 16 heavy (non-hydrogen) atoms. The van der Waals surface area contributed by atoms with Crippen LogP contribution in [0.25, 0.3) is 0 Å². The molecule has 1 fully saturated rings. The van der Waals surface area contributed by atoms with E-state index in [0.717, 1.165) is 22.8 Å². The molecule has 0 saturated carbocycles. The maximum absolute atomic E-state index is 4.48. The largest absolute Gasteiger partial charge is 0.347 e. The highest BCUT2D eigenvalue weighted by atomic mass is 79.9. The van der Waals surface area contributed by atoms with E-state index in [-0.39, 0.29) is 0 Å². The monoisotopic (exact) mass is 303 g/mol. The molecule has 1 saturated heterocycles. The van der Waals surface area contributed by atoms with Crippen LogP contribution in [0.1, 0.15) is 26.2 Å². The van der Waals surface area contributed by atoms with Gasteiger partial charge in [-0.05, 0) is 42.2 Å². The minimum absolute atomic E-state index is 0.636. The van der Waals surface area contributed by atoms with Gasteiger partial charge in [-0.25, -0.2) is 4.98 Å². The Balaban J connectivity index is 1.94. The molecule has 0 spiro atoms. The Labute approximate surface area is 109 Å². The summed E-state index contributed by atoms with van der Waals surface area (Å²) in [4.78, 5) is 6.84. The number of hydrogen-bond donors (Lipinski definition) is 1. The van der Waals surface area contributed by atoms with Crippen LogP contribution in [0.2, 0.25) is 0 Å². The van der Waals surface area contributed by atoms with Gasteiger partial charge in [-0.3, -0.25) is 0 Å². The van der Waals surface area contributed by atoms with Gasteiger partial charge >= 0.3 is 0 Å². The van der Waals surface area contributed by atoms with Crippen LogP contribution in [0.3, 0.4) is 0 Å². The Morgan fingerprint density at radius 1 is 1.62 bits per heavy atom. The van der Waals surface area contributed by atoms with E-state index in [0.29, 0.717) is 6.04 Å². The fraction of sp³-hybridized carbons (Fsp3) is 0.727. The highest BCUT2D eigenvalue weighted by molar-refractivity contribution is 9.10. The molecular weight excluding hydrogens is 286 g/mol. The predicted octanol–water partition coefficient (Wildman–Crippen LogP) is 2.87. The van der Waals surface area contributed by atoms with E-state index >= 15 is 0 Å². The van der Waals surface area contributed by atoms with Gasteiger partial charge in [0.1, 0.15) is 4.60 Å². The minimum atomic E-state index is 0.636. The van der Waals surface area contributed by atoms with Crippen molar-refractivity contribution >= 4 is 32.4 Å². The lowest BCUT2D eigenvalue weighted by atomic mass is 10.0. The van der Waals surface area contributed by atoms with Gasteiger partial charge in [0.25, 0.3) is 0 Å². The Bertz CT molecular complexity index is 323. The molecule has 0 aromatic carbocycles. The van der Waals surface area contributed by atoms with Gasteiger partial charge in [-0.1, -0.05) is 6.42 Å². The van der Waals surface area contributed by atoms with Crippen LogP contribution in [-0.2, 0) is 0 Å². The summed E-state index contributed by atoms with van der Waals surface area (Å²) in [6.07, 6.45) is 3.98. The number of nitrogens with one attached hydrogen (secondary N) is 1. The number of halogens is 1. The molecule has 2 heterocycles. The van der Waals surface area contributed by atoms with Crippen molar-refractivity contribution in [3.05, 3.63) is 9.98 Å². The van der Waals surface area contributed by atoms with Crippen LogP contribution >= 0.6 is 27.3 Å². The average molecular weight is 304 g/mol. The molecule has 1 aliphatic heterocycles. The maximum Gasteiger partial charge on any atom is 0.186 e. The van der Waals surface area contributed by atoms with Gasteiger partial charge in [-0.15, -0.1) is 11.3 Å². The molecule has 1 aromatic heterocycles. The van der Waals surface area contributed by atoms with Gasteiger partial charge in [0.05, 0.1) is 0 Å². The number of likely N-dealkylation sites (N-methyl/N-ethyl adjacent to an activating group) is 1. The zero-order valence-electron chi connectivity index (χ0n) is 9.58. The zero-order valence-corrected chi connectivity index (χ0v) is 12.0. The second kappa shape index (κ2) is 5.98. The fourth-order valence-corrected chi connectivity index (χ4v) is 3.40. The molecule has 1 atom stereocenters. The molecule has 0 aliphatic carbocycles. The first kappa shape index (κ1) is 12.3. The minimum Gasteiger partial charge on any atom is -0.347 e. The van der Waals surface area contributed by atoms with Crippen molar-refractivity contribution in [1.29, 1.82) is 0 Å². The van der Waals surface area contributed by atoms with E-state index in [4.69, 9.17) is 0 Å². The second-order valence-corrected chi connectivity index (χ2v) is 5.79. The molecule has 2 rings (SSSR count). The first-order valence-electron chi connectivity index (χ1n) is 5.89. The Kier molecular flexibility index (Phi) is 4.61. The highest BCUT2D eigenvalue weighted by Gasteiger charge is 2.17. The lowest BCUT2D eigenvalue weighted by Gasteiger charge is -2.29. The third-order valence-corrected chi connectivity index (χ3v) is 4.58. The quantitative estimate of drug-likeness (QED) is 0.927. The van der Waals surface area contributed by atoms with Gasteiger partial charge in [0.15, 0.2) is 5.13 Å². The molecule has 1 aromatic rings. The number of nitrogens with zero attached hydrogens (tertiary/aromatic N) is 2. The van der Waals surface area contributed by atoms with Gasteiger partial charge < -0.3 is 10.2 Å². The lowest BCUT2D eigenvalue weighted by Crippen LogP contribution is -2.43. The SMILES string of the molecule is CCN(CC1CCCCN1)c1nc(Br)cs1. The van der Waals surface area contributed by atoms with E-state index in [2.05, 4.69) is 38.1 Å². The molecule has 1 aliphatic rings. The molecule has 0 radical (unpaired) electrons. The van der Waals surface area contributed by atoms with E-state index in [1.54, 1.807) is 11.3 Å². The Hall–Kier alpha value is -0.130. The fourth-order valence-electron chi connectivity index (χ4n) is 2.08. The van der Waals surface area contributed by atoms with Gasteiger partial charge in [0, 0.05) is 24.5 Å². The second-order valence-electron chi connectivity index (χ2n) is 4.14. The molecule has 3 nitrogen and oxygen atoms in total. The summed E-state index contributed by atoms with van der Waals surface area (Å²) in [5, 5.41) is 6.76. The number of rotatable bonds is 4. The van der Waals surface area contributed by atoms with Crippen LogP contribution in [0.4, 0.5) is 5.13 Å².